The van der Waals surface area contributed by atoms with Crippen molar-refractivity contribution >= 4 is 29.2 Å². The van der Waals surface area contributed by atoms with Gasteiger partial charge < -0.3 is 14.7 Å². The van der Waals surface area contributed by atoms with Crippen molar-refractivity contribution in [1.82, 2.24) is 0 Å². The van der Waals surface area contributed by atoms with Gasteiger partial charge in [-0.3, -0.25) is 9.59 Å². The molecule has 0 saturated heterocycles. The fraction of sp³-hybridized carbons (Fsp3) is 0.263. The van der Waals surface area contributed by atoms with E-state index in [1.54, 1.807) is 53.4 Å². The van der Waals surface area contributed by atoms with Crippen LogP contribution in [0.1, 0.15) is 30.1 Å². The quantitative estimate of drug-likeness (QED) is 0.763. The monoisotopic (exact) mass is 361 g/mol. The maximum absolute atomic E-state index is 12.8. The van der Waals surface area contributed by atoms with Crippen molar-refractivity contribution in [2.75, 3.05) is 18.1 Å². The number of anilines is 1. The summed E-state index contributed by atoms with van der Waals surface area (Å²) in [5.74, 6) is -0.368. The molecule has 132 valence electrons. The SMILES string of the molecule is CCOc1ccc(N(CCCC(=O)O)C(=O)c2ccc(Cl)cc2)cc1. The zero-order chi connectivity index (χ0) is 18.2. The molecule has 2 aromatic carbocycles. The molecule has 0 heterocycles. The summed E-state index contributed by atoms with van der Waals surface area (Å²) in [6.07, 6.45) is 0.364. The van der Waals surface area contributed by atoms with Crippen LogP contribution in [0, 0.1) is 0 Å². The molecule has 0 fully saturated rings. The van der Waals surface area contributed by atoms with Gasteiger partial charge in [0.15, 0.2) is 0 Å². The Labute approximate surface area is 151 Å². The van der Waals surface area contributed by atoms with Gasteiger partial charge in [-0.05, 0) is 61.9 Å². The minimum atomic E-state index is -0.884. The smallest absolute Gasteiger partial charge is 0.303 e. The van der Waals surface area contributed by atoms with Crippen LogP contribution in [0.15, 0.2) is 48.5 Å². The Hall–Kier alpha value is -2.53. The fourth-order valence-corrected chi connectivity index (χ4v) is 2.50. The Morgan fingerprint density at radius 3 is 2.28 bits per heavy atom. The third kappa shape index (κ3) is 5.50. The number of nitrogens with zero attached hydrogens (tertiary/aromatic N) is 1. The van der Waals surface area contributed by atoms with E-state index in [2.05, 4.69) is 0 Å². The first kappa shape index (κ1) is 18.8. The van der Waals surface area contributed by atoms with Crippen molar-refractivity contribution in [3.05, 3.63) is 59.1 Å². The fourth-order valence-electron chi connectivity index (χ4n) is 2.37. The average molecular weight is 362 g/mol. The molecule has 5 nitrogen and oxygen atoms in total. The molecule has 1 N–H and O–H groups in total. The molecule has 1 amide bonds. The van der Waals surface area contributed by atoms with Crippen LogP contribution in [0.4, 0.5) is 5.69 Å². The lowest BCUT2D eigenvalue weighted by atomic mass is 10.1. The van der Waals surface area contributed by atoms with Gasteiger partial charge in [0.25, 0.3) is 5.91 Å². The summed E-state index contributed by atoms with van der Waals surface area (Å²) >= 11 is 5.87. The molecular weight excluding hydrogens is 342 g/mol. The van der Waals surface area contributed by atoms with Crippen molar-refractivity contribution in [3.63, 3.8) is 0 Å². The van der Waals surface area contributed by atoms with Gasteiger partial charge >= 0.3 is 5.97 Å². The van der Waals surface area contributed by atoms with Gasteiger partial charge in [0.05, 0.1) is 6.61 Å². The van der Waals surface area contributed by atoms with Crippen LogP contribution in [-0.2, 0) is 4.79 Å². The molecule has 0 aliphatic heterocycles. The Morgan fingerprint density at radius 1 is 1.08 bits per heavy atom. The topological polar surface area (TPSA) is 66.8 Å². The summed E-state index contributed by atoms with van der Waals surface area (Å²) in [6, 6.07) is 13.8. The minimum Gasteiger partial charge on any atom is -0.494 e. The molecule has 0 atom stereocenters. The van der Waals surface area contributed by atoms with E-state index in [9.17, 15) is 9.59 Å². The van der Waals surface area contributed by atoms with Crippen LogP contribution in [0.3, 0.4) is 0 Å². The van der Waals surface area contributed by atoms with Crippen LogP contribution in [0.5, 0.6) is 5.75 Å². The first-order chi connectivity index (χ1) is 12.0. The van der Waals surface area contributed by atoms with Crippen LogP contribution < -0.4 is 9.64 Å². The van der Waals surface area contributed by atoms with Gasteiger partial charge in [-0.25, -0.2) is 0 Å². The molecule has 2 rings (SSSR count). The van der Waals surface area contributed by atoms with Gasteiger partial charge in [0, 0.05) is 29.2 Å². The average Bonchev–Trinajstić information content (AvgIpc) is 2.60. The first-order valence-electron chi connectivity index (χ1n) is 8.03. The van der Waals surface area contributed by atoms with E-state index in [1.807, 2.05) is 6.92 Å². The maximum Gasteiger partial charge on any atom is 0.303 e. The van der Waals surface area contributed by atoms with Crippen LogP contribution in [0.2, 0.25) is 5.02 Å². The number of benzene rings is 2. The second-order valence-electron chi connectivity index (χ2n) is 5.39. The zero-order valence-corrected chi connectivity index (χ0v) is 14.7. The molecule has 6 heteroatoms. The van der Waals surface area contributed by atoms with Crippen LogP contribution >= 0.6 is 11.6 Å². The number of halogens is 1. The van der Waals surface area contributed by atoms with Crippen molar-refractivity contribution in [2.45, 2.75) is 19.8 Å². The van der Waals surface area contributed by atoms with Crippen molar-refractivity contribution < 1.29 is 19.4 Å². The molecule has 0 unspecified atom stereocenters. The van der Waals surface area contributed by atoms with E-state index in [1.165, 1.54) is 0 Å². The molecule has 0 aliphatic carbocycles. The van der Waals surface area contributed by atoms with E-state index in [0.717, 1.165) is 5.75 Å². The van der Waals surface area contributed by atoms with E-state index < -0.39 is 5.97 Å². The number of carboxylic acids is 1. The zero-order valence-electron chi connectivity index (χ0n) is 13.9. The molecular formula is C19H20ClNO4. The number of ether oxygens (including phenoxy) is 1. The summed E-state index contributed by atoms with van der Waals surface area (Å²) < 4.78 is 5.42. The lowest BCUT2D eigenvalue weighted by Crippen LogP contribution is -2.32. The van der Waals surface area contributed by atoms with Crippen LogP contribution in [-0.4, -0.2) is 30.1 Å². The van der Waals surface area contributed by atoms with E-state index in [-0.39, 0.29) is 12.3 Å². The third-order valence-corrected chi connectivity index (χ3v) is 3.82. The normalized spacial score (nSPS) is 10.3. The summed E-state index contributed by atoms with van der Waals surface area (Å²) in [6.45, 7) is 2.77. The van der Waals surface area contributed by atoms with Crippen LogP contribution in [0.25, 0.3) is 0 Å². The third-order valence-electron chi connectivity index (χ3n) is 3.57. The predicted molar refractivity (Wildman–Crippen MR) is 97.6 cm³/mol. The van der Waals surface area contributed by atoms with Gasteiger partial charge in [0.1, 0.15) is 5.75 Å². The highest BCUT2D eigenvalue weighted by molar-refractivity contribution is 6.30. The molecule has 0 radical (unpaired) electrons. The molecule has 0 aliphatic rings. The van der Waals surface area contributed by atoms with Crippen molar-refractivity contribution in [3.8, 4) is 5.75 Å². The molecule has 0 spiro atoms. The lowest BCUT2D eigenvalue weighted by Gasteiger charge is -2.23. The second kappa shape index (κ2) is 9.08. The molecule has 0 aromatic heterocycles. The largest absolute Gasteiger partial charge is 0.494 e. The van der Waals surface area contributed by atoms with Crippen molar-refractivity contribution in [2.24, 2.45) is 0 Å². The summed E-state index contributed by atoms with van der Waals surface area (Å²) in [5, 5.41) is 9.39. The van der Waals surface area contributed by atoms with Gasteiger partial charge in [-0.1, -0.05) is 11.6 Å². The number of carbonyl (C=O) groups is 2. The first-order valence-corrected chi connectivity index (χ1v) is 8.41. The maximum atomic E-state index is 12.8. The number of rotatable bonds is 8. The van der Waals surface area contributed by atoms with E-state index >= 15 is 0 Å². The van der Waals surface area contributed by atoms with Crippen molar-refractivity contribution in [1.29, 1.82) is 0 Å². The number of hydrogen-bond acceptors (Lipinski definition) is 3. The molecule has 0 saturated carbocycles. The summed E-state index contributed by atoms with van der Waals surface area (Å²) in [5.41, 5.74) is 1.18. The number of amides is 1. The summed E-state index contributed by atoms with van der Waals surface area (Å²) in [4.78, 5) is 25.2. The number of carbonyl (C=O) groups excluding carboxylic acids is 1. The predicted octanol–water partition coefficient (Wildman–Crippen LogP) is 4.25. The Bertz CT molecular complexity index is 713. The highest BCUT2D eigenvalue weighted by atomic mass is 35.5. The van der Waals surface area contributed by atoms with E-state index in [0.29, 0.717) is 35.8 Å². The molecule has 0 bridgehead atoms. The summed E-state index contributed by atoms with van der Waals surface area (Å²) in [7, 11) is 0. The number of aliphatic carboxylic acids is 1. The lowest BCUT2D eigenvalue weighted by molar-refractivity contribution is -0.137. The number of hydrogen-bond donors (Lipinski definition) is 1. The van der Waals surface area contributed by atoms with Gasteiger partial charge in [-0.15, -0.1) is 0 Å². The minimum absolute atomic E-state index is 0.00142. The van der Waals surface area contributed by atoms with Gasteiger partial charge in [0.2, 0.25) is 0 Å². The number of carboxylic acid groups (broad SMARTS) is 1. The highest BCUT2D eigenvalue weighted by Crippen LogP contribution is 2.22. The highest BCUT2D eigenvalue weighted by Gasteiger charge is 2.18. The standard InChI is InChI=1S/C19H20ClNO4/c1-2-25-17-11-9-16(10-12-17)21(13-3-4-18(22)23)19(24)14-5-7-15(20)8-6-14/h5-12H,2-4,13H2,1H3,(H,22,23). The molecule has 2 aromatic rings. The second-order valence-corrected chi connectivity index (χ2v) is 5.82. The van der Waals surface area contributed by atoms with E-state index in [4.69, 9.17) is 21.4 Å². The Morgan fingerprint density at radius 2 is 1.72 bits per heavy atom. The Balaban J connectivity index is 2.23. The Kier molecular flexibility index (Phi) is 6.83. The molecule has 25 heavy (non-hydrogen) atoms. The van der Waals surface area contributed by atoms with Gasteiger partial charge in [-0.2, -0.15) is 0 Å².